The third-order valence-electron chi connectivity index (χ3n) is 3.53. The fourth-order valence-corrected chi connectivity index (χ4v) is 6.75. The Morgan fingerprint density at radius 1 is 1.07 bits per heavy atom. The fourth-order valence-electron chi connectivity index (χ4n) is 2.29. The minimum Gasteiger partial charge on any atom is -0.258 e. The first-order chi connectivity index (χ1) is 6.67. The van der Waals surface area contributed by atoms with Crippen LogP contribution >= 0.6 is 6.34 Å². The van der Waals surface area contributed by atoms with Crippen LogP contribution in [-0.4, -0.2) is 40.7 Å². The van der Waals surface area contributed by atoms with Gasteiger partial charge >= 0.3 is 0 Å². The Morgan fingerprint density at radius 3 is 1.71 bits per heavy atom. The average molecular weight is 232 g/mol. The minimum absolute atomic E-state index is 0.818. The molecule has 4 unspecified atom stereocenters. The van der Waals surface area contributed by atoms with Gasteiger partial charge in [-0.1, -0.05) is 32.6 Å². The maximum Gasteiger partial charge on any atom is 0.0780 e. The van der Waals surface area contributed by atoms with Crippen LogP contribution in [0.1, 0.15) is 33.6 Å². The summed E-state index contributed by atoms with van der Waals surface area (Å²) in [6, 6.07) is 1.64. The van der Waals surface area contributed by atoms with Crippen LogP contribution in [0.3, 0.4) is 0 Å². The van der Waals surface area contributed by atoms with Crippen molar-refractivity contribution in [2.75, 3.05) is 19.3 Å². The van der Waals surface area contributed by atoms with Gasteiger partial charge in [0.05, 0.1) is 6.34 Å². The molecule has 4 atom stereocenters. The van der Waals surface area contributed by atoms with Crippen molar-refractivity contribution in [3.8, 4) is 0 Å². The lowest BCUT2D eigenvalue weighted by Crippen LogP contribution is -2.10. The Bertz CT molecular complexity index is 247. The summed E-state index contributed by atoms with van der Waals surface area (Å²) in [7, 11) is 0. The molecule has 0 bridgehead atoms. The summed E-state index contributed by atoms with van der Waals surface area (Å²) >= 11 is 5.93. The van der Waals surface area contributed by atoms with Crippen molar-refractivity contribution in [1.82, 2.24) is 9.34 Å². The lowest BCUT2D eigenvalue weighted by Gasteiger charge is -2.25. The highest BCUT2D eigenvalue weighted by Gasteiger charge is 2.51. The number of rotatable bonds is 5. The van der Waals surface area contributed by atoms with E-state index in [0.29, 0.717) is 0 Å². The number of hydrogen-bond acceptors (Lipinski definition) is 1. The van der Waals surface area contributed by atoms with E-state index in [1.807, 2.05) is 0 Å². The van der Waals surface area contributed by atoms with Gasteiger partial charge in [0.1, 0.15) is 0 Å². The minimum atomic E-state index is -1.27. The van der Waals surface area contributed by atoms with E-state index in [0.717, 1.165) is 12.1 Å². The number of hydrogen-bond donors (Lipinski definition) is 0. The first kappa shape index (κ1) is 11.1. The highest BCUT2D eigenvalue weighted by atomic mass is 32.4. The van der Waals surface area contributed by atoms with Crippen molar-refractivity contribution in [1.29, 1.82) is 0 Å². The van der Waals surface area contributed by atoms with E-state index in [2.05, 4.69) is 30.1 Å². The molecule has 0 saturated carbocycles. The summed E-state index contributed by atoms with van der Waals surface area (Å²) in [4.78, 5) is 0. The quantitative estimate of drug-likeness (QED) is 0.531. The Labute approximate surface area is 92.8 Å². The van der Waals surface area contributed by atoms with Crippen molar-refractivity contribution in [2.24, 2.45) is 0 Å². The molecule has 14 heavy (non-hydrogen) atoms. The van der Waals surface area contributed by atoms with Crippen LogP contribution in [0.2, 0.25) is 0 Å². The zero-order valence-electron chi connectivity index (χ0n) is 9.44. The lowest BCUT2D eigenvalue weighted by atomic mass is 10.4. The molecule has 0 N–H and O–H groups in total. The van der Waals surface area contributed by atoms with Crippen molar-refractivity contribution >= 4 is 18.1 Å². The molecule has 2 fully saturated rings. The van der Waals surface area contributed by atoms with Gasteiger partial charge in [0.15, 0.2) is 0 Å². The lowest BCUT2D eigenvalue weighted by molar-refractivity contribution is 0.666. The standard InChI is InChI=1S/C10H21N2PS/c1-4-9-7-11(9)13(14,6-3)12-8-10(12)5-2/h9-10H,4-8H2,1-3H3. The molecule has 82 valence electrons. The molecule has 0 aromatic rings. The summed E-state index contributed by atoms with van der Waals surface area (Å²) in [6.07, 6.45) is 2.48. The van der Waals surface area contributed by atoms with E-state index in [4.69, 9.17) is 11.8 Å². The summed E-state index contributed by atoms with van der Waals surface area (Å²) in [6.45, 7) is 9.37. The van der Waals surface area contributed by atoms with Gasteiger partial charge in [-0.3, -0.25) is 9.34 Å². The van der Waals surface area contributed by atoms with Crippen LogP contribution in [0.5, 0.6) is 0 Å². The molecular weight excluding hydrogens is 211 g/mol. The van der Waals surface area contributed by atoms with E-state index < -0.39 is 6.34 Å². The van der Waals surface area contributed by atoms with E-state index >= 15 is 0 Å². The first-order valence-electron chi connectivity index (χ1n) is 5.80. The second-order valence-electron chi connectivity index (χ2n) is 4.35. The van der Waals surface area contributed by atoms with Crippen molar-refractivity contribution in [3.05, 3.63) is 0 Å². The maximum absolute atomic E-state index is 5.93. The van der Waals surface area contributed by atoms with E-state index in [9.17, 15) is 0 Å². The van der Waals surface area contributed by atoms with Crippen LogP contribution in [0.15, 0.2) is 0 Å². The zero-order chi connectivity index (χ0) is 10.3. The zero-order valence-corrected chi connectivity index (χ0v) is 11.2. The topological polar surface area (TPSA) is 6.02 Å². The predicted octanol–water partition coefficient (Wildman–Crippen LogP) is 2.50. The van der Waals surface area contributed by atoms with Crippen molar-refractivity contribution in [2.45, 2.75) is 45.7 Å². The van der Waals surface area contributed by atoms with Gasteiger partial charge in [-0.2, -0.15) is 0 Å². The van der Waals surface area contributed by atoms with Gasteiger partial charge in [-0.25, -0.2) is 0 Å². The van der Waals surface area contributed by atoms with Crippen LogP contribution in [-0.2, 0) is 11.8 Å². The predicted molar refractivity (Wildman–Crippen MR) is 66.4 cm³/mol. The first-order valence-corrected chi connectivity index (χ1v) is 8.70. The molecule has 0 aromatic carbocycles. The Hall–Kier alpha value is 0.570. The Balaban J connectivity index is 2.01. The second kappa shape index (κ2) is 3.86. The molecule has 2 aliphatic heterocycles. The molecule has 0 amide bonds. The number of nitrogens with zero attached hydrogens (tertiary/aromatic N) is 2. The van der Waals surface area contributed by atoms with Gasteiger partial charge in [-0.15, -0.1) is 0 Å². The maximum atomic E-state index is 5.93. The van der Waals surface area contributed by atoms with Gasteiger partial charge in [0, 0.05) is 25.2 Å². The summed E-state index contributed by atoms with van der Waals surface area (Å²) in [5, 5.41) is 0. The van der Waals surface area contributed by atoms with Crippen molar-refractivity contribution in [3.63, 3.8) is 0 Å². The molecule has 0 aliphatic carbocycles. The van der Waals surface area contributed by atoms with Crippen LogP contribution in [0.25, 0.3) is 0 Å². The normalized spacial score (nSPS) is 44.5. The van der Waals surface area contributed by atoms with E-state index in [-0.39, 0.29) is 0 Å². The average Bonchev–Trinajstić information content (AvgIpc) is 3.07. The van der Waals surface area contributed by atoms with Crippen LogP contribution in [0, 0.1) is 0 Å². The van der Waals surface area contributed by atoms with Crippen LogP contribution < -0.4 is 0 Å². The Kier molecular flexibility index (Phi) is 3.05. The molecule has 2 rings (SSSR count). The fraction of sp³-hybridized carbons (Fsp3) is 1.00. The Morgan fingerprint density at radius 2 is 1.50 bits per heavy atom. The second-order valence-corrected chi connectivity index (χ2v) is 9.09. The smallest absolute Gasteiger partial charge is 0.0780 e. The molecule has 0 aromatic heterocycles. The van der Waals surface area contributed by atoms with Crippen LogP contribution in [0.4, 0.5) is 0 Å². The van der Waals surface area contributed by atoms with Gasteiger partial charge in [0.2, 0.25) is 0 Å². The van der Waals surface area contributed by atoms with Gasteiger partial charge < -0.3 is 0 Å². The molecule has 0 radical (unpaired) electrons. The molecule has 4 heteroatoms. The highest BCUT2D eigenvalue weighted by molar-refractivity contribution is 8.12. The van der Waals surface area contributed by atoms with Gasteiger partial charge in [-0.05, 0) is 19.0 Å². The molecule has 2 saturated heterocycles. The monoisotopic (exact) mass is 232 g/mol. The molecule has 0 spiro atoms. The summed E-state index contributed by atoms with van der Waals surface area (Å²) in [5.41, 5.74) is 0. The van der Waals surface area contributed by atoms with E-state index in [1.54, 1.807) is 0 Å². The third kappa shape index (κ3) is 1.69. The molecule has 2 heterocycles. The van der Waals surface area contributed by atoms with Crippen molar-refractivity contribution < 1.29 is 0 Å². The summed E-state index contributed by atoms with van der Waals surface area (Å²) < 4.78 is 5.22. The van der Waals surface area contributed by atoms with Gasteiger partial charge in [0.25, 0.3) is 0 Å². The SMILES string of the molecule is CCC1CN1P(=S)(CC)N1CC1CC. The van der Waals surface area contributed by atoms with E-state index in [1.165, 1.54) is 32.1 Å². The largest absolute Gasteiger partial charge is 0.258 e. The highest BCUT2D eigenvalue weighted by Crippen LogP contribution is 2.64. The summed E-state index contributed by atoms with van der Waals surface area (Å²) in [5.74, 6) is 0. The molecule has 2 nitrogen and oxygen atoms in total. The molecule has 2 aliphatic rings. The molecular formula is C10H21N2PS. The third-order valence-corrected chi connectivity index (χ3v) is 8.97.